The summed E-state index contributed by atoms with van der Waals surface area (Å²) in [4.78, 5) is 8.31. The third-order valence-corrected chi connectivity index (χ3v) is 3.73. The van der Waals surface area contributed by atoms with Gasteiger partial charge in [-0.05, 0) is 14.0 Å². The van der Waals surface area contributed by atoms with Gasteiger partial charge in [-0.25, -0.2) is 9.97 Å². The largest absolute Gasteiger partial charge is 0.481 e. The van der Waals surface area contributed by atoms with E-state index in [1.165, 1.54) is 6.33 Å². The lowest BCUT2D eigenvalue weighted by Crippen LogP contribution is -2.21. The molecule has 20 heavy (non-hydrogen) atoms. The lowest BCUT2D eigenvalue weighted by Gasteiger charge is -2.16. The van der Waals surface area contributed by atoms with Gasteiger partial charge in [-0.1, -0.05) is 11.6 Å². The first-order valence-corrected chi connectivity index (χ1v) is 6.65. The van der Waals surface area contributed by atoms with Crippen molar-refractivity contribution in [2.75, 3.05) is 14.2 Å². The van der Waals surface area contributed by atoms with E-state index in [1.807, 2.05) is 27.1 Å². The molecule has 0 aliphatic heterocycles. The minimum absolute atomic E-state index is 0.0131. The monoisotopic (exact) mass is 295 g/mol. The molecule has 0 saturated heterocycles. The van der Waals surface area contributed by atoms with Crippen LogP contribution in [-0.2, 0) is 13.5 Å². The number of rotatable bonds is 5. The van der Waals surface area contributed by atoms with Crippen molar-refractivity contribution in [3.05, 3.63) is 34.5 Å². The van der Waals surface area contributed by atoms with Crippen LogP contribution in [0.2, 0.25) is 5.02 Å². The molecule has 6 nitrogen and oxygen atoms in total. The van der Waals surface area contributed by atoms with Gasteiger partial charge in [0.1, 0.15) is 6.33 Å². The summed E-state index contributed by atoms with van der Waals surface area (Å²) in [5.74, 6) is 0.544. The second-order valence-corrected chi connectivity index (χ2v) is 4.88. The molecule has 0 bridgehead atoms. The Bertz CT molecular complexity index is 598. The van der Waals surface area contributed by atoms with E-state index in [0.717, 1.165) is 17.1 Å². The van der Waals surface area contributed by atoms with Crippen LogP contribution in [0.1, 0.15) is 23.1 Å². The zero-order valence-electron chi connectivity index (χ0n) is 12.0. The van der Waals surface area contributed by atoms with Crippen molar-refractivity contribution in [1.29, 1.82) is 0 Å². The van der Waals surface area contributed by atoms with Crippen molar-refractivity contribution in [3.63, 3.8) is 0 Å². The van der Waals surface area contributed by atoms with Crippen molar-refractivity contribution in [1.82, 2.24) is 25.1 Å². The highest BCUT2D eigenvalue weighted by Crippen LogP contribution is 2.25. The van der Waals surface area contributed by atoms with Gasteiger partial charge in [0.25, 0.3) is 0 Å². The van der Waals surface area contributed by atoms with Crippen LogP contribution in [0.15, 0.2) is 12.4 Å². The molecule has 0 aliphatic carbocycles. The minimum atomic E-state index is 0.0131. The van der Waals surface area contributed by atoms with E-state index >= 15 is 0 Å². The molecule has 108 valence electrons. The summed E-state index contributed by atoms with van der Waals surface area (Å²) in [6.07, 6.45) is 2.18. The van der Waals surface area contributed by atoms with Crippen LogP contribution >= 0.6 is 11.6 Å². The molecule has 2 heterocycles. The molecule has 0 fully saturated rings. The fourth-order valence-electron chi connectivity index (χ4n) is 2.11. The molecule has 2 rings (SSSR count). The maximum absolute atomic E-state index is 6.29. The Hall–Kier alpha value is -1.66. The molecule has 2 aromatic heterocycles. The number of aromatic nitrogens is 4. The minimum Gasteiger partial charge on any atom is -0.481 e. The topological polar surface area (TPSA) is 64.9 Å². The SMILES string of the molecule is CNC(Cc1c(Cl)c(C)nn1C)c1cc(OC)ncn1. The van der Waals surface area contributed by atoms with Gasteiger partial charge < -0.3 is 10.1 Å². The van der Waals surface area contributed by atoms with Crippen molar-refractivity contribution in [2.24, 2.45) is 7.05 Å². The number of nitrogens with one attached hydrogen (secondary N) is 1. The molecular formula is C13H18ClN5O. The predicted octanol–water partition coefficient (Wildman–Crippen LogP) is 1.68. The number of halogens is 1. The fraction of sp³-hybridized carbons (Fsp3) is 0.462. The molecular weight excluding hydrogens is 278 g/mol. The van der Waals surface area contributed by atoms with Crippen molar-refractivity contribution >= 4 is 11.6 Å². The standard InChI is InChI=1S/C13H18ClN5O/c1-8-13(14)11(19(3)18-8)5-9(15-2)10-6-12(20-4)17-7-16-10/h6-7,9,15H,5H2,1-4H3. The number of ether oxygens (including phenoxy) is 1. The molecule has 1 unspecified atom stereocenters. The molecule has 7 heteroatoms. The molecule has 1 N–H and O–H groups in total. The van der Waals surface area contributed by atoms with E-state index in [1.54, 1.807) is 11.8 Å². The van der Waals surface area contributed by atoms with Crippen LogP contribution < -0.4 is 10.1 Å². The number of likely N-dealkylation sites (N-methyl/N-ethyl adjacent to an activating group) is 1. The summed E-state index contributed by atoms with van der Waals surface area (Å²) in [7, 11) is 5.36. The number of methoxy groups -OCH3 is 1. The van der Waals surface area contributed by atoms with Crippen LogP contribution in [0.25, 0.3) is 0 Å². The van der Waals surface area contributed by atoms with Gasteiger partial charge >= 0.3 is 0 Å². The molecule has 0 saturated carbocycles. The Morgan fingerprint density at radius 2 is 2.20 bits per heavy atom. The lowest BCUT2D eigenvalue weighted by molar-refractivity contribution is 0.394. The highest BCUT2D eigenvalue weighted by atomic mass is 35.5. The predicted molar refractivity (Wildman–Crippen MR) is 77.0 cm³/mol. The fourth-order valence-corrected chi connectivity index (χ4v) is 2.34. The Morgan fingerprint density at radius 3 is 2.75 bits per heavy atom. The zero-order chi connectivity index (χ0) is 14.7. The van der Waals surface area contributed by atoms with E-state index in [4.69, 9.17) is 16.3 Å². The summed E-state index contributed by atoms with van der Waals surface area (Å²) >= 11 is 6.29. The lowest BCUT2D eigenvalue weighted by atomic mass is 10.1. The first-order chi connectivity index (χ1) is 9.56. The van der Waals surface area contributed by atoms with Gasteiger partial charge in [0.15, 0.2) is 0 Å². The quantitative estimate of drug-likeness (QED) is 0.909. The van der Waals surface area contributed by atoms with Gasteiger partial charge in [-0.15, -0.1) is 0 Å². The average Bonchev–Trinajstić information content (AvgIpc) is 2.70. The van der Waals surface area contributed by atoms with E-state index < -0.39 is 0 Å². The van der Waals surface area contributed by atoms with Crippen molar-refractivity contribution in [2.45, 2.75) is 19.4 Å². The first-order valence-electron chi connectivity index (χ1n) is 6.28. The van der Waals surface area contributed by atoms with Crippen LogP contribution in [-0.4, -0.2) is 33.9 Å². The van der Waals surface area contributed by atoms with E-state index in [2.05, 4.69) is 20.4 Å². The Labute approximate surface area is 123 Å². The molecule has 1 atom stereocenters. The van der Waals surface area contributed by atoms with E-state index in [-0.39, 0.29) is 6.04 Å². The second kappa shape index (κ2) is 6.19. The zero-order valence-corrected chi connectivity index (χ0v) is 12.8. The smallest absolute Gasteiger partial charge is 0.216 e. The molecule has 0 radical (unpaired) electrons. The highest BCUT2D eigenvalue weighted by molar-refractivity contribution is 6.31. The molecule has 0 aromatic carbocycles. The maximum Gasteiger partial charge on any atom is 0.216 e. The Morgan fingerprint density at radius 1 is 1.45 bits per heavy atom. The van der Waals surface area contributed by atoms with Gasteiger partial charge in [-0.2, -0.15) is 5.10 Å². The maximum atomic E-state index is 6.29. The van der Waals surface area contributed by atoms with Crippen LogP contribution in [0, 0.1) is 6.92 Å². The molecule has 0 amide bonds. The molecule has 2 aromatic rings. The van der Waals surface area contributed by atoms with E-state index in [9.17, 15) is 0 Å². The number of hydrogen-bond acceptors (Lipinski definition) is 5. The van der Waals surface area contributed by atoms with Crippen molar-refractivity contribution < 1.29 is 4.74 Å². The first kappa shape index (κ1) is 14.7. The van der Waals surface area contributed by atoms with Gasteiger partial charge in [-0.3, -0.25) is 4.68 Å². The number of hydrogen-bond donors (Lipinski definition) is 1. The Kier molecular flexibility index (Phi) is 4.57. The van der Waals surface area contributed by atoms with Crippen LogP contribution in [0.5, 0.6) is 5.88 Å². The number of nitrogens with zero attached hydrogens (tertiary/aromatic N) is 4. The summed E-state index contributed by atoms with van der Waals surface area (Å²) < 4.78 is 6.93. The average molecular weight is 296 g/mol. The summed E-state index contributed by atoms with van der Waals surface area (Å²) in [5, 5.41) is 8.26. The second-order valence-electron chi connectivity index (χ2n) is 4.50. The molecule has 0 spiro atoms. The van der Waals surface area contributed by atoms with Gasteiger partial charge in [0, 0.05) is 19.5 Å². The van der Waals surface area contributed by atoms with E-state index in [0.29, 0.717) is 17.3 Å². The Balaban J connectivity index is 2.28. The van der Waals surface area contributed by atoms with Gasteiger partial charge in [0.2, 0.25) is 5.88 Å². The van der Waals surface area contributed by atoms with Crippen LogP contribution in [0.3, 0.4) is 0 Å². The highest BCUT2D eigenvalue weighted by Gasteiger charge is 2.19. The summed E-state index contributed by atoms with van der Waals surface area (Å²) in [6.45, 7) is 1.90. The van der Waals surface area contributed by atoms with Crippen molar-refractivity contribution in [3.8, 4) is 5.88 Å². The third kappa shape index (κ3) is 2.91. The summed E-state index contributed by atoms with van der Waals surface area (Å²) in [6, 6.07) is 1.83. The van der Waals surface area contributed by atoms with Gasteiger partial charge in [0.05, 0.1) is 35.3 Å². The third-order valence-electron chi connectivity index (χ3n) is 3.24. The van der Waals surface area contributed by atoms with Crippen LogP contribution in [0.4, 0.5) is 0 Å². The summed E-state index contributed by atoms with van der Waals surface area (Å²) in [5.41, 5.74) is 2.66. The number of aryl methyl sites for hydroxylation is 2. The normalized spacial score (nSPS) is 12.4. The molecule has 0 aliphatic rings.